The van der Waals surface area contributed by atoms with Gasteiger partial charge in [-0.3, -0.25) is 0 Å². The Hall–Kier alpha value is -3.34. The van der Waals surface area contributed by atoms with E-state index < -0.39 is 0 Å². The van der Waals surface area contributed by atoms with Gasteiger partial charge >= 0.3 is 0 Å². The number of phenolic OH excluding ortho intramolecular Hbond substituents is 2. The number of benzene rings is 4. The summed E-state index contributed by atoms with van der Waals surface area (Å²) in [5.74, 6) is 0.476. The van der Waals surface area contributed by atoms with Gasteiger partial charge in [-0.2, -0.15) is 0 Å². The molecule has 1 aliphatic rings. The van der Waals surface area contributed by atoms with Crippen LogP contribution >= 0.6 is 0 Å². The van der Waals surface area contributed by atoms with Crippen LogP contribution < -0.4 is 5.32 Å². The number of phenols is 2. The maximum atomic E-state index is 10.0. The molecule has 0 spiro atoms. The average molecular weight is 426 g/mol. The van der Waals surface area contributed by atoms with Crippen LogP contribution in [0.5, 0.6) is 11.5 Å². The number of rotatable bonds is 5. The first-order valence-electron chi connectivity index (χ1n) is 11.0. The fraction of sp³-hybridized carbons (Fsp3) is 0.214. The molecule has 5 rings (SSSR count). The number of aromatic hydroxyl groups is 2. The molecule has 4 aromatic rings. The number of fused-ring (bicyclic) bond motifs is 1. The minimum absolute atomic E-state index is 0.236. The Morgan fingerprint density at radius 2 is 1.62 bits per heavy atom. The molecule has 4 heteroatoms. The van der Waals surface area contributed by atoms with E-state index in [4.69, 9.17) is 4.74 Å². The van der Waals surface area contributed by atoms with Crippen molar-refractivity contribution >= 4 is 10.8 Å². The van der Waals surface area contributed by atoms with E-state index in [2.05, 4.69) is 35.6 Å². The summed E-state index contributed by atoms with van der Waals surface area (Å²) >= 11 is 0. The van der Waals surface area contributed by atoms with Gasteiger partial charge < -0.3 is 20.3 Å². The molecule has 1 fully saturated rings. The minimum atomic E-state index is -0.280. The van der Waals surface area contributed by atoms with E-state index in [9.17, 15) is 10.2 Å². The Kier molecular flexibility index (Phi) is 5.56. The molecule has 1 saturated heterocycles. The maximum Gasteiger partial charge on any atom is 0.116 e. The molecule has 0 radical (unpaired) electrons. The molecular formula is C28H27NO3. The van der Waals surface area contributed by atoms with Crippen molar-refractivity contribution in [1.82, 2.24) is 5.32 Å². The lowest BCUT2D eigenvalue weighted by atomic mass is 9.87. The second-order valence-electron chi connectivity index (χ2n) is 8.41. The largest absolute Gasteiger partial charge is 0.508 e. The van der Waals surface area contributed by atoms with Crippen molar-refractivity contribution in [3.63, 3.8) is 0 Å². The van der Waals surface area contributed by atoms with Gasteiger partial charge in [0.05, 0.1) is 0 Å². The smallest absolute Gasteiger partial charge is 0.116 e. The van der Waals surface area contributed by atoms with Crippen molar-refractivity contribution in [1.29, 1.82) is 0 Å². The topological polar surface area (TPSA) is 61.7 Å². The normalized spacial score (nSPS) is 17.0. The summed E-state index contributed by atoms with van der Waals surface area (Å²) in [5, 5.41) is 25.3. The number of hydrogen-bond donors (Lipinski definition) is 3. The summed E-state index contributed by atoms with van der Waals surface area (Å²) in [5.41, 5.74) is 5.47. The number of hydrogen-bond acceptors (Lipinski definition) is 4. The van der Waals surface area contributed by atoms with Gasteiger partial charge in [-0.1, -0.05) is 54.6 Å². The predicted octanol–water partition coefficient (Wildman–Crippen LogP) is 6.08. The van der Waals surface area contributed by atoms with Crippen molar-refractivity contribution in [3.05, 3.63) is 95.6 Å². The van der Waals surface area contributed by atoms with E-state index in [1.807, 2.05) is 24.3 Å². The van der Waals surface area contributed by atoms with Crippen LogP contribution in [0.3, 0.4) is 0 Å². The van der Waals surface area contributed by atoms with Gasteiger partial charge in [-0.25, -0.2) is 0 Å². The van der Waals surface area contributed by atoms with Crippen molar-refractivity contribution in [2.45, 2.75) is 25.0 Å². The highest BCUT2D eigenvalue weighted by Crippen LogP contribution is 2.40. The van der Waals surface area contributed by atoms with Crippen molar-refractivity contribution in [2.24, 2.45) is 0 Å². The first-order valence-corrected chi connectivity index (χ1v) is 11.0. The Morgan fingerprint density at radius 1 is 0.875 bits per heavy atom. The Morgan fingerprint density at radius 3 is 2.31 bits per heavy atom. The van der Waals surface area contributed by atoms with E-state index in [0.29, 0.717) is 6.04 Å². The molecule has 4 nitrogen and oxygen atoms in total. The fourth-order valence-corrected chi connectivity index (χ4v) is 4.81. The van der Waals surface area contributed by atoms with Crippen LogP contribution in [0.2, 0.25) is 0 Å². The molecule has 3 N–H and O–H groups in total. The number of methoxy groups -OCH3 is 1. The summed E-state index contributed by atoms with van der Waals surface area (Å²) in [6.07, 6.45) is 2.11. The molecule has 32 heavy (non-hydrogen) atoms. The van der Waals surface area contributed by atoms with E-state index in [-0.39, 0.29) is 17.6 Å². The molecule has 0 bridgehead atoms. The van der Waals surface area contributed by atoms with Crippen LogP contribution in [-0.4, -0.2) is 23.9 Å². The molecule has 2 atom stereocenters. The van der Waals surface area contributed by atoms with Crippen LogP contribution in [-0.2, 0) is 4.74 Å². The standard InChI is InChI=1S/C28H27NO3/c1-32-28(20-6-4-19(5-7-20)26-3-2-16-29-26)27-24(18-8-11-22(30)12-9-18)14-10-21-17-23(31)13-15-25(21)27/h4-15,17,26,28-31H,2-3,16H2,1H3. The Bertz CT molecular complexity index is 1230. The fourth-order valence-electron chi connectivity index (χ4n) is 4.81. The lowest BCUT2D eigenvalue weighted by molar-refractivity contribution is 0.138. The van der Waals surface area contributed by atoms with Crippen molar-refractivity contribution < 1.29 is 14.9 Å². The summed E-state index contributed by atoms with van der Waals surface area (Å²) < 4.78 is 6.08. The van der Waals surface area contributed by atoms with E-state index in [0.717, 1.165) is 39.6 Å². The first-order chi connectivity index (χ1) is 15.6. The lowest BCUT2D eigenvalue weighted by Crippen LogP contribution is -2.13. The van der Waals surface area contributed by atoms with Crippen LogP contribution in [0.15, 0.2) is 78.9 Å². The van der Waals surface area contributed by atoms with Crippen LogP contribution in [0.25, 0.3) is 21.9 Å². The quantitative estimate of drug-likeness (QED) is 0.363. The van der Waals surface area contributed by atoms with E-state index in [1.54, 1.807) is 31.4 Å². The molecule has 1 aliphatic heterocycles. The third kappa shape index (κ3) is 3.83. The number of nitrogens with one attached hydrogen (secondary N) is 1. The third-order valence-corrected chi connectivity index (χ3v) is 6.42. The maximum absolute atomic E-state index is 10.0. The van der Waals surface area contributed by atoms with Gasteiger partial charge in [0.1, 0.15) is 17.6 Å². The summed E-state index contributed by atoms with van der Waals surface area (Å²) in [4.78, 5) is 0. The SMILES string of the molecule is COC(c1ccc(C2CCCN2)cc1)c1c(-c2ccc(O)cc2)ccc2cc(O)ccc12. The zero-order valence-electron chi connectivity index (χ0n) is 18.1. The van der Waals surface area contributed by atoms with Crippen molar-refractivity contribution in [2.75, 3.05) is 13.7 Å². The summed E-state index contributed by atoms with van der Waals surface area (Å²) in [6, 6.07) is 25.9. The van der Waals surface area contributed by atoms with Crippen LogP contribution in [0.4, 0.5) is 0 Å². The van der Waals surface area contributed by atoms with Crippen LogP contribution in [0, 0.1) is 0 Å². The highest BCUT2D eigenvalue weighted by molar-refractivity contribution is 5.93. The molecule has 0 aromatic heterocycles. The molecular weight excluding hydrogens is 398 g/mol. The van der Waals surface area contributed by atoms with E-state index in [1.165, 1.54) is 18.4 Å². The molecule has 0 amide bonds. The average Bonchev–Trinajstić information content (AvgIpc) is 3.36. The highest BCUT2D eigenvalue weighted by Gasteiger charge is 2.22. The first kappa shape index (κ1) is 20.6. The van der Waals surface area contributed by atoms with Crippen LogP contribution in [0.1, 0.15) is 41.7 Å². The monoisotopic (exact) mass is 425 g/mol. The molecule has 0 aliphatic carbocycles. The van der Waals surface area contributed by atoms with Gasteiger partial charge in [0.15, 0.2) is 0 Å². The second kappa shape index (κ2) is 8.65. The molecule has 162 valence electrons. The van der Waals surface area contributed by atoms with Gasteiger partial charge in [0.25, 0.3) is 0 Å². The highest BCUT2D eigenvalue weighted by atomic mass is 16.5. The summed E-state index contributed by atoms with van der Waals surface area (Å²) in [7, 11) is 1.73. The molecule has 1 heterocycles. The number of ether oxygens (including phenoxy) is 1. The summed E-state index contributed by atoms with van der Waals surface area (Å²) in [6.45, 7) is 1.08. The molecule has 0 saturated carbocycles. The Balaban J connectivity index is 1.65. The Labute approximate surface area is 188 Å². The zero-order chi connectivity index (χ0) is 22.1. The zero-order valence-corrected chi connectivity index (χ0v) is 18.1. The van der Waals surface area contributed by atoms with Crippen molar-refractivity contribution in [3.8, 4) is 22.6 Å². The third-order valence-electron chi connectivity index (χ3n) is 6.42. The van der Waals surface area contributed by atoms with Gasteiger partial charge in [0, 0.05) is 18.7 Å². The van der Waals surface area contributed by atoms with Gasteiger partial charge in [-0.15, -0.1) is 0 Å². The molecule has 4 aromatic carbocycles. The molecule has 2 unspecified atom stereocenters. The van der Waals surface area contributed by atoms with Gasteiger partial charge in [-0.05, 0) is 76.7 Å². The lowest BCUT2D eigenvalue weighted by Gasteiger charge is -2.23. The van der Waals surface area contributed by atoms with E-state index >= 15 is 0 Å². The van der Waals surface area contributed by atoms with Gasteiger partial charge in [0.2, 0.25) is 0 Å². The predicted molar refractivity (Wildman–Crippen MR) is 128 cm³/mol. The second-order valence-corrected chi connectivity index (χ2v) is 8.41. The minimum Gasteiger partial charge on any atom is -0.508 e.